The standard InChI is InChI=1S/3C13H10N4.C3H6O.2F6P.Ru/c3*1-2-6-11(7-3-1)17-10-13(15-16-17)12-8-4-5-9-14-12;1-3(2)4;2*1-7(2,3,4,5)6;/h3*1-10H;1-2H3;;;/q;;;;2*-1;+2. The molecule has 0 unspecified atom stereocenters. The average Bonchev–Trinajstić information content (AvgIpc) is 4.10. The molecule has 6 aromatic heterocycles. The van der Waals surface area contributed by atoms with Crippen molar-refractivity contribution in [3.05, 3.63) is 183 Å². The predicted molar refractivity (Wildman–Crippen MR) is 237 cm³/mol. The minimum Gasteiger partial charge on any atom is -0.254 e. The van der Waals surface area contributed by atoms with Crippen LogP contribution < -0.4 is 0 Å². The van der Waals surface area contributed by atoms with Crippen LogP contribution in [0.4, 0.5) is 50.4 Å². The number of pyridine rings is 3. The number of halogens is 12. The number of para-hydroxylation sites is 3. The van der Waals surface area contributed by atoms with Crippen LogP contribution in [-0.2, 0) is 24.3 Å². The first-order valence-corrected chi connectivity index (χ1v) is 23.3. The zero-order valence-corrected chi connectivity index (χ0v) is 39.4. The molecule has 0 saturated heterocycles. The number of carbonyl (C=O) groups is 1. The van der Waals surface area contributed by atoms with Crippen LogP contribution in [0.2, 0.25) is 0 Å². The Hall–Kier alpha value is -7.16. The van der Waals surface area contributed by atoms with Gasteiger partial charge in [-0.15, -0.1) is 15.3 Å². The van der Waals surface area contributed by atoms with Gasteiger partial charge < -0.3 is 4.79 Å². The molecule has 0 aliphatic rings. The van der Waals surface area contributed by atoms with Gasteiger partial charge in [0.2, 0.25) is 0 Å². The number of benzene rings is 3. The zero-order chi connectivity index (χ0) is 50.9. The summed E-state index contributed by atoms with van der Waals surface area (Å²) in [5.41, 5.74) is 7.77. The van der Waals surface area contributed by atoms with E-state index in [2.05, 4.69) is 45.9 Å². The Balaban J connectivity index is 0.000000236. The zero-order valence-electron chi connectivity index (χ0n) is 35.9. The van der Waals surface area contributed by atoms with Gasteiger partial charge in [0.1, 0.15) is 22.9 Å². The molecule has 13 nitrogen and oxygen atoms in total. The van der Waals surface area contributed by atoms with Crippen molar-refractivity contribution >= 4 is 21.4 Å². The molecule has 0 amide bonds. The molecule has 0 spiro atoms. The fraction of sp³-hybridized carbons (Fsp3) is 0.0476. The van der Waals surface area contributed by atoms with Gasteiger partial charge in [-0.2, -0.15) is 0 Å². The molecule has 0 aliphatic heterocycles. The van der Waals surface area contributed by atoms with E-state index < -0.39 is 15.6 Å². The van der Waals surface area contributed by atoms with Gasteiger partial charge in [-0.1, -0.05) is 88.4 Å². The summed E-state index contributed by atoms with van der Waals surface area (Å²) in [6.45, 7) is 3.06. The first-order chi connectivity index (χ1) is 31.9. The maximum absolute atomic E-state index is 10.7. The Morgan fingerprint density at radius 1 is 0.357 bits per heavy atom. The largest absolute Gasteiger partial charge is 2.00 e. The Labute approximate surface area is 402 Å². The molecule has 70 heavy (non-hydrogen) atoms. The van der Waals surface area contributed by atoms with Crippen molar-refractivity contribution in [2.24, 2.45) is 0 Å². The summed E-state index contributed by atoms with van der Waals surface area (Å²) in [6, 6.07) is 46.8. The number of hydrogen-bond acceptors (Lipinski definition) is 10. The quantitative estimate of drug-likeness (QED) is 0.0895. The number of nitrogens with zero attached hydrogens (tertiary/aromatic N) is 12. The molecule has 6 heterocycles. The second kappa shape index (κ2) is 22.5. The van der Waals surface area contributed by atoms with Crippen LogP contribution in [0.15, 0.2) is 183 Å². The number of aromatic nitrogens is 12. The second-order valence-corrected chi connectivity index (χ2v) is 17.5. The number of ketones is 1. The average molecular weight is 1120 g/mol. The Morgan fingerprint density at radius 2 is 0.557 bits per heavy atom. The Morgan fingerprint density at radius 3 is 0.743 bits per heavy atom. The van der Waals surface area contributed by atoms with Crippen LogP contribution in [0.3, 0.4) is 0 Å². The van der Waals surface area contributed by atoms with E-state index in [0.29, 0.717) is 0 Å². The van der Waals surface area contributed by atoms with Crippen LogP contribution >= 0.6 is 15.6 Å². The van der Waals surface area contributed by atoms with Crippen LogP contribution in [-0.4, -0.2) is 65.7 Å². The molecule has 0 aliphatic carbocycles. The summed E-state index contributed by atoms with van der Waals surface area (Å²) >= 11 is 0. The predicted octanol–water partition coefficient (Wildman–Crippen LogP) is 14.3. The van der Waals surface area contributed by atoms with Gasteiger partial charge in [0.25, 0.3) is 0 Å². The third kappa shape index (κ3) is 25.8. The van der Waals surface area contributed by atoms with E-state index in [1.807, 2.05) is 164 Å². The van der Waals surface area contributed by atoms with Crippen molar-refractivity contribution in [3.8, 4) is 51.2 Å². The van der Waals surface area contributed by atoms with E-state index in [4.69, 9.17) is 0 Å². The van der Waals surface area contributed by atoms with Crippen molar-refractivity contribution in [2.75, 3.05) is 0 Å². The summed E-state index contributed by atoms with van der Waals surface area (Å²) in [5, 5.41) is 24.6. The minimum absolute atomic E-state index is 0. The number of hydrogen-bond donors (Lipinski definition) is 0. The SMILES string of the molecule is CC(C)=O.F[P-](F)(F)(F)(F)F.F[P-](F)(F)(F)(F)F.[Ru+2].c1ccc(-n2cc(-c3ccccn3)nn2)cc1.c1ccc(-n2cc(-c3ccccn3)nn2)cc1.c1ccc(-n2cc(-c3ccccn3)nn2)cc1. The summed E-state index contributed by atoms with van der Waals surface area (Å²) in [6.07, 6.45) is 10.9. The molecule has 372 valence electrons. The Kier molecular flexibility index (Phi) is 18.4. The monoisotopic (exact) mass is 1120 g/mol. The molecule has 9 rings (SSSR count). The minimum atomic E-state index is -10.7. The molecule has 28 heteroatoms. The summed E-state index contributed by atoms with van der Waals surface area (Å²) < 4.78 is 124. The van der Waals surface area contributed by atoms with Gasteiger partial charge in [0.15, 0.2) is 0 Å². The molecule has 0 fully saturated rings. The first-order valence-electron chi connectivity index (χ1n) is 19.2. The third-order valence-corrected chi connectivity index (χ3v) is 7.32. The molecule has 0 saturated carbocycles. The Bertz CT molecular complexity index is 2480. The molecule has 0 atom stereocenters. The summed E-state index contributed by atoms with van der Waals surface area (Å²) in [4.78, 5) is 22.2. The normalized spacial score (nSPS) is 12.5. The van der Waals surface area contributed by atoms with Crippen LogP contribution in [0.25, 0.3) is 51.2 Å². The summed E-state index contributed by atoms with van der Waals surface area (Å²) in [7, 11) is -21.3. The van der Waals surface area contributed by atoms with Gasteiger partial charge in [0.05, 0.1) is 52.7 Å². The van der Waals surface area contributed by atoms with Crippen molar-refractivity contribution < 1.29 is 74.6 Å². The number of rotatable bonds is 6. The maximum Gasteiger partial charge on any atom is 2.00 e. The van der Waals surface area contributed by atoms with Crippen LogP contribution in [0.1, 0.15) is 13.8 Å². The van der Waals surface area contributed by atoms with E-state index in [1.165, 1.54) is 13.8 Å². The fourth-order valence-electron chi connectivity index (χ4n) is 4.81. The molecular weight excluding hydrogens is 1080 g/mol. The maximum atomic E-state index is 9.87. The smallest absolute Gasteiger partial charge is 0.254 e. The third-order valence-electron chi connectivity index (χ3n) is 7.32. The van der Waals surface area contributed by atoms with E-state index in [-0.39, 0.29) is 25.3 Å². The van der Waals surface area contributed by atoms with Gasteiger partial charge in [0, 0.05) is 18.6 Å². The number of carbonyl (C=O) groups excluding carboxylic acids is 1. The van der Waals surface area contributed by atoms with Crippen molar-refractivity contribution in [3.63, 3.8) is 0 Å². The molecule has 0 bridgehead atoms. The van der Waals surface area contributed by atoms with Gasteiger partial charge in [-0.3, -0.25) is 15.0 Å². The molecule has 0 N–H and O–H groups in total. The topological polar surface area (TPSA) is 148 Å². The van der Waals surface area contributed by atoms with E-state index >= 15 is 0 Å². The number of Topliss-reactive ketones (excluding diaryl/α,β-unsaturated/α-hetero) is 1. The van der Waals surface area contributed by atoms with Crippen LogP contribution in [0, 0.1) is 0 Å². The van der Waals surface area contributed by atoms with Gasteiger partial charge in [-0.25, -0.2) is 14.0 Å². The first kappa shape index (κ1) is 57.2. The molecule has 3 aromatic carbocycles. The van der Waals surface area contributed by atoms with E-state index in [0.717, 1.165) is 51.2 Å². The van der Waals surface area contributed by atoms with Crippen molar-refractivity contribution in [2.45, 2.75) is 13.8 Å². The van der Waals surface area contributed by atoms with E-state index in [9.17, 15) is 55.2 Å². The fourth-order valence-corrected chi connectivity index (χ4v) is 4.81. The molecule has 0 radical (unpaired) electrons. The molecule has 9 aromatic rings. The molecular formula is C42H36F12N12OP2Ru. The van der Waals surface area contributed by atoms with Crippen LogP contribution in [0.5, 0.6) is 0 Å². The van der Waals surface area contributed by atoms with E-state index in [1.54, 1.807) is 32.6 Å². The van der Waals surface area contributed by atoms with Crippen molar-refractivity contribution in [1.82, 2.24) is 59.9 Å². The van der Waals surface area contributed by atoms with Gasteiger partial charge >= 0.3 is 85.5 Å². The second-order valence-electron chi connectivity index (χ2n) is 13.6. The summed E-state index contributed by atoms with van der Waals surface area (Å²) in [5.74, 6) is 0.167. The van der Waals surface area contributed by atoms with Crippen molar-refractivity contribution in [1.29, 1.82) is 0 Å². The van der Waals surface area contributed by atoms with Gasteiger partial charge in [-0.05, 0) is 86.6 Å².